The van der Waals surface area contributed by atoms with Crippen molar-refractivity contribution in [3.05, 3.63) is 59.9 Å². The molecule has 0 aliphatic carbocycles. The van der Waals surface area contributed by atoms with Crippen molar-refractivity contribution in [1.29, 1.82) is 0 Å². The maximum absolute atomic E-state index is 12.6. The fourth-order valence-electron chi connectivity index (χ4n) is 2.74. The molecule has 2 aromatic rings. The Balaban J connectivity index is 1.93. The van der Waals surface area contributed by atoms with E-state index in [4.69, 9.17) is 4.74 Å². The molecule has 5 heteroatoms. The molecule has 0 fully saturated rings. The Morgan fingerprint density at radius 2 is 1.73 bits per heavy atom. The highest BCUT2D eigenvalue weighted by Gasteiger charge is 2.36. The lowest BCUT2D eigenvalue weighted by Crippen LogP contribution is -2.35. The van der Waals surface area contributed by atoms with E-state index in [1.165, 1.54) is 4.90 Å². The van der Waals surface area contributed by atoms with Crippen molar-refractivity contribution in [2.75, 3.05) is 17.3 Å². The summed E-state index contributed by atoms with van der Waals surface area (Å²) in [7, 11) is 1.67. The molecule has 2 aliphatic heterocycles. The number of benzene rings is 2. The Kier molecular flexibility index (Phi) is 2.56. The van der Waals surface area contributed by atoms with Gasteiger partial charge >= 0.3 is 0 Å². The number of anilines is 2. The Hall–Kier alpha value is -3.08. The first-order chi connectivity index (χ1) is 10.7. The lowest BCUT2D eigenvalue weighted by Gasteiger charge is -2.27. The van der Waals surface area contributed by atoms with E-state index in [2.05, 4.69) is 5.32 Å². The second-order valence-corrected chi connectivity index (χ2v) is 5.14. The third-order valence-corrected chi connectivity index (χ3v) is 3.84. The van der Waals surface area contributed by atoms with Crippen LogP contribution in [0.1, 0.15) is 5.56 Å². The molecule has 0 saturated heterocycles. The standard InChI is InChI=1S/C17H12N2O3/c1-19-12-8-4-5-9-13(12)22-15(17(19)21)14-10-6-2-3-7-11(10)18-16(14)20/h2-9H,1H3,(H,18,20)/b15-14-. The first-order valence-electron chi connectivity index (χ1n) is 6.87. The molecule has 5 nitrogen and oxygen atoms in total. The van der Waals surface area contributed by atoms with Crippen LogP contribution in [0, 0.1) is 0 Å². The first-order valence-corrected chi connectivity index (χ1v) is 6.87. The molecule has 2 amide bonds. The second kappa shape index (κ2) is 4.46. The van der Waals surface area contributed by atoms with E-state index in [0.717, 1.165) is 0 Å². The van der Waals surface area contributed by atoms with Gasteiger partial charge in [-0.05, 0) is 18.2 Å². The highest BCUT2D eigenvalue weighted by atomic mass is 16.5. The number of carbonyl (C=O) groups excluding carboxylic acids is 2. The Morgan fingerprint density at radius 1 is 1.00 bits per heavy atom. The van der Waals surface area contributed by atoms with Crippen molar-refractivity contribution < 1.29 is 14.3 Å². The van der Waals surface area contributed by atoms with Gasteiger partial charge in [-0.25, -0.2) is 0 Å². The predicted molar refractivity (Wildman–Crippen MR) is 82.5 cm³/mol. The molecule has 1 N–H and O–H groups in total. The molecule has 2 heterocycles. The van der Waals surface area contributed by atoms with E-state index in [0.29, 0.717) is 22.7 Å². The molecular weight excluding hydrogens is 280 g/mol. The quantitative estimate of drug-likeness (QED) is 0.759. The zero-order valence-electron chi connectivity index (χ0n) is 11.8. The molecule has 2 aliphatic rings. The van der Waals surface area contributed by atoms with Crippen LogP contribution in [0.4, 0.5) is 11.4 Å². The van der Waals surface area contributed by atoms with Crippen LogP contribution in [-0.4, -0.2) is 18.9 Å². The van der Waals surface area contributed by atoms with E-state index in [1.54, 1.807) is 31.3 Å². The summed E-state index contributed by atoms with van der Waals surface area (Å²) in [5.41, 5.74) is 2.34. The fourth-order valence-corrected chi connectivity index (χ4v) is 2.74. The van der Waals surface area contributed by atoms with E-state index in [1.807, 2.05) is 24.3 Å². The monoisotopic (exact) mass is 292 g/mol. The smallest absolute Gasteiger partial charge is 0.294 e. The summed E-state index contributed by atoms with van der Waals surface area (Å²) in [4.78, 5) is 26.4. The predicted octanol–water partition coefficient (Wildman–Crippen LogP) is 2.41. The molecule has 0 radical (unpaired) electrons. The number of amides is 2. The molecule has 0 saturated carbocycles. The number of ether oxygens (including phenoxy) is 1. The van der Waals surface area contributed by atoms with Crippen molar-refractivity contribution in [1.82, 2.24) is 0 Å². The summed E-state index contributed by atoms with van der Waals surface area (Å²) in [6.45, 7) is 0. The highest BCUT2D eigenvalue weighted by molar-refractivity contribution is 6.36. The number of fused-ring (bicyclic) bond motifs is 2. The molecule has 2 aromatic carbocycles. The van der Waals surface area contributed by atoms with Crippen LogP contribution >= 0.6 is 0 Å². The van der Waals surface area contributed by atoms with Crippen molar-refractivity contribution in [2.24, 2.45) is 0 Å². The third-order valence-electron chi connectivity index (χ3n) is 3.84. The minimum absolute atomic E-state index is 0.0589. The summed E-state index contributed by atoms with van der Waals surface area (Å²) in [5, 5.41) is 2.76. The number of hydrogen-bond donors (Lipinski definition) is 1. The van der Waals surface area contributed by atoms with Gasteiger partial charge in [-0.2, -0.15) is 0 Å². The average Bonchev–Trinajstić information content (AvgIpc) is 2.87. The van der Waals surface area contributed by atoms with E-state index < -0.39 is 0 Å². The lowest BCUT2D eigenvalue weighted by molar-refractivity contribution is -0.118. The lowest BCUT2D eigenvalue weighted by atomic mass is 10.0. The molecular formula is C17H12N2O3. The van der Waals surface area contributed by atoms with E-state index in [-0.39, 0.29) is 23.1 Å². The number of rotatable bonds is 0. The average molecular weight is 292 g/mol. The normalized spacial score (nSPS) is 19.4. The van der Waals surface area contributed by atoms with Gasteiger partial charge in [0, 0.05) is 18.3 Å². The van der Waals surface area contributed by atoms with Crippen LogP contribution in [0.25, 0.3) is 5.57 Å². The molecule has 0 unspecified atom stereocenters. The van der Waals surface area contributed by atoms with Crippen LogP contribution in [-0.2, 0) is 9.59 Å². The molecule has 0 spiro atoms. The summed E-state index contributed by atoms with van der Waals surface area (Å²) >= 11 is 0. The number of para-hydroxylation sites is 3. The molecule has 22 heavy (non-hydrogen) atoms. The summed E-state index contributed by atoms with van der Waals surface area (Å²) in [5.74, 6) is -0.0363. The number of nitrogens with one attached hydrogen (secondary N) is 1. The van der Waals surface area contributed by atoms with Gasteiger partial charge in [-0.1, -0.05) is 30.3 Å². The van der Waals surface area contributed by atoms with Crippen LogP contribution in [0.2, 0.25) is 0 Å². The van der Waals surface area contributed by atoms with E-state index >= 15 is 0 Å². The van der Waals surface area contributed by atoms with Crippen molar-refractivity contribution >= 4 is 28.8 Å². The summed E-state index contributed by atoms with van der Waals surface area (Å²) in [6.07, 6.45) is 0. The van der Waals surface area contributed by atoms with Crippen LogP contribution in [0.3, 0.4) is 0 Å². The van der Waals surface area contributed by atoms with Gasteiger partial charge in [-0.15, -0.1) is 0 Å². The minimum atomic E-state index is -0.333. The van der Waals surface area contributed by atoms with Gasteiger partial charge in [0.05, 0.1) is 11.3 Å². The molecule has 4 rings (SSSR count). The Bertz CT molecular complexity index is 854. The largest absolute Gasteiger partial charge is 0.448 e. The summed E-state index contributed by atoms with van der Waals surface area (Å²) < 4.78 is 5.75. The van der Waals surface area contributed by atoms with Gasteiger partial charge in [0.1, 0.15) is 0 Å². The third kappa shape index (κ3) is 1.65. The maximum Gasteiger partial charge on any atom is 0.294 e. The molecule has 108 valence electrons. The zero-order chi connectivity index (χ0) is 15.3. The van der Waals surface area contributed by atoms with Crippen molar-refractivity contribution in [3.8, 4) is 5.75 Å². The number of likely N-dealkylation sites (N-methyl/N-ethyl adjacent to an activating group) is 1. The van der Waals surface area contributed by atoms with Crippen LogP contribution < -0.4 is 15.0 Å². The topological polar surface area (TPSA) is 58.6 Å². The maximum atomic E-state index is 12.6. The van der Waals surface area contributed by atoms with Crippen LogP contribution in [0.15, 0.2) is 54.3 Å². The van der Waals surface area contributed by atoms with Gasteiger partial charge in [0.15, 0.2) is 5.75 Å². The number of carbonyl (C=O) groups is 2. The zero-order valence-corrected chi connectivity index (χ0v) is 11.8. The molecule has 0 bridgehead atoms. The van der Waals surface area contributed by atoms with Gasteiger partial charge in [-0.3, -0.25) is 9.59 Å². The van der Waals surface area contributed by atoms with Gasteiger partial charge in [0.2, 0.25) is 5.76 Å². The van der Waals surface area contributed by atoms with Crippen molar-refractivity contribution in [2.45, 2.75) is 0 Å². The number of nitrogens with zero attached hydrogens (tertiary/aromatic N) is 1. The Morgan fingerprint density at radius 3 is 2.59 bits per heavy atom. The van der Waals surface area contributed by atoms with Crippen LogP contribution in [0.5, 0.6) is 5.75 Å². The summed E-state index contributed by atoms with van der Waals surface area (Å²) in [6, 6.07) is 14.5. The fraction of sp³-hybridized carbons (Fsp3) is 0.0588. The van der Waals surface area contributed by atoms with Crippen molar-refractivity contribution in [3.63, 3.8) is 0 Å². The first kappa shape index (κ1) is 12.6. The molecule has 0 atom stereocenters. The number of hydrogen-bond acceptors (Lipinski definition) is 3. The van der Waals surface area contributed by atoms with E-state index in [9.17, 15) is 9.59 Å². The highest BCUT2D eigenvalue weighted by Crippen LogP contribution is 2.40. The Labute approximate surface area is 126 Å². The minimum Gasteiger partial charge on any atom is -0.448 e. The second-order valence-electron chi connectivity index (χ2n) is 5.14. The van der Waals surface area contributed by atoms with Gasteiger partial charge in [0.25, 0.3) is 11.8 Å². The SMILES string of the molecule is CN1C(=O)/C(=C2/C(=O)Nc3ccccc32)Oc2ccccc21. The molecule has 0 aromatic heterocycles. The van der Waals surface area contributed by atoms with Gasteiger partial charge < -0.3 is 15.0 Å².